The molecule has 1 aliphatic heterocycles. The van der Waals surface area contributed by atoms with Crippen molar-refractivity contribution in [2.24, 2.45) is 0 Å². The summed E-state index contributed by atoms with van der Waals surface area (Å²) in [5, 5.41) is 3.17. The molecule has 29 heavy (non-hydrogen) atoms. The van der Waals surface area contributed by atoms with Gasteiger partial charge in [-0.15, -0.1) is 0 Å². The number of piperazine rings is 1. The number of aromatic nitrogens is 1. The van der Waals surface area contributed by atoms with Gasteiger partial charge in [-0.05, 0) is 42.9 Å². The van der Waals surface area contributed by atoms with Crippen LogP contribution in [0.25, 0.3) is 0 Å². The minimum absolute atomic E-state index is 0.0685. The summed E-state index contributed by atoms with van der Waals surface area (Å²) in [7, 11) is 0. The van der Waals surface area contributed by atoms with Gasteiger partial charge >= 0.3 is 6.18 Å². The molecule has 1 amide bonds. The number of rotatable bonds is 6. The smallest absolute Gasteiger partial charge is 0.369 e. The molecule has 2 heterocycles. The number of likely N-dealkylation sites (N-methyl/N-ethyl adjacent to an activating group) is 1. The summed E-state index contributed by atoms with van der Waals surface area (Å²) in [5.74, 6) is -0.167. The second kappa shape index (κ2) is 9.49. The lowest BCUT2D eigenvalue weighted by molar-refractivity contribution is -0.137. The zero-order chi connectivity index (χ0) is 20.9. The summed E-state index contributed by atoms with van der Waals surface area (Å²) in [5.41, 5.74) is 1.01. The van der Waals surface area contributed by atoms with Crippen molar-refractivity contribution in [3.63, 3.8) is 0 Å². The lowest BCUT2D eigenvalue weighted by atomic mass is 10.2. The largest absolute Gasteiger partial charge is 0.417 e. The number of carbonyl (C=O) groups excluding carboxylic acids is 1. The lowest BCUT2D eigenvalue weighted by Gasteiger charge is -2.35. The van der Waals surface area contributed by atoms with Crippen LogP contribution in [0.4, 0.5) is 24.5 Å². The van der Waals surface area contributed by atoms with E-state index in [0.29, 0.717) is 10.7 Å². The van der Waals surface area contributed by atoms with Crippen LogP contribution in [0, 0.1) is 0 Å². The van der Waals surface area contributed by atoms with Gasteiger partial charge in [0.2, 0.25) is 5.91 Å². The normalized spacial score (nSPS) is 15.4. The van der Waals surface area contributed by atoms with Crippen molar-refractivity contribution in [2.45, 2.75) is 18.1 Å². The van der Waals surface area contributed by atoms with Crippen LogP contribution in [0.3, 0.4) is 0 Å². The van der Waals surface area contributed by atoms with Gasteiger partial charge in [0.1, 0.15) is 0 Å². The van der Waals surface area contributed by atoms with Gasteiger partial charge in [-0.25, -0.2) is 4.98 Å². The fourth-order valence-electron chi connectivity index (χ4n) is 3.05. The van der Waals surface area contributed by atoms with Gasteiger partial charge < -0.3 is 15.1 Å². The van der Waals surface area contributed by atoms with Crippen LogP contribution in [0.15, 0.2) is 47.6 Å². The number of nitrogens with one attached hydrogen (secondary N) is 1. The van der Waals surface area contributed by atoms with E-state index in [1.165, 1.54) is 6.07 Å². The third-order valence-electron chi connectivity index (χ3n) is 4.75. The van der Waals surface area contributed by atoms with E-state index in [4.69, 9.17) is 0 Å². The molecule has 1 aromatic heterocycles. The number of benzene rings is 1. The molecule has 9 heteroatoms. The number of thioether (sulfide) groups is 1. The molecule has 0 bridgehead atoms. The van der Waals surface area contributed by atoms with E-state index >= 15 is 0 Å². The summed E-state index contributed by atoms with van der Waals surface area (Å²) in [4.78, 5) is 20.6. The molecule has 0 saturated carbocycles. The van der Waals surface area contributed by atoms with Gasteiger partial charge in [0.05, 0.1) is 16.3 Å². The Kier molecular flexibility index (Phi) is 7.02. The Morgan fingerprint density at radius 3 is 2.34 bits per heavy atom. The fourth-order valence-corrected chi connectivity index (χ4v) is 3.69. The molecule has 1 aliphatic rings. The van der Waals surface area contributed by atoms with Crippen LogP contribution in [0.1, 0.15) is 12.5 Å². The predicted octanol–water partition coefficient (Wildman–Crippen LogP) is 3.97. The molecule has 0 radical (unpaired) electrons. The van der Waals surface area contributed by atoms with E-state index < -0.39 is 11.7 Å². The Morgan fingerprint density at radius 2 is 1.79 bits per heavy atom. The van der Waals surface area contributed by atoms with Crippen molar-refractivity contribution in [1.29, 1.82) is 0 Å². The highest BCUT2D eigenvalue weighted by Crippen LogP contribution is 2.29. The summed E-state index contributed by atoms with van der Waals surface area (Å²) in [6, 6.07) is 9.94. The third kappa shape index (κ3) is 6.11. The number of alkyl halides is 3. The van der Waals surface area contributed by atoms with E-state index in [9.17, 15) is 18.0 Å². The molecule has 3 rings (SSSR count). The summed E-state index contributed by atoms with van der Waals surface area (Å²) < 4.78 is 37.6. The molecule has 1 saturated heterocycles. The summed E-state index contributed by atoms with van der Waals surface area (Å²) in [6.07, 6.45) is -3.64. The molecule has 0 aliphatic carbocycles. The SMILES string of the molecule is CCN1CCN(c2ccc(NC(=O)CSc3ccc(C(F)(F)F)cn3)cc2)CC1. The number of anilines is 2. The Labute approximate surface area is 172 Å². The number of hydrogen-bond donors (Lipinski definition) is 1. The van der Waals surface area contributed by atoms with Crippen molar-refractivity contribution in [3.05, 3.63) is 48.2 Å². The minimum atomic E-state index is -4.41. The molecule has 1 N–H and O–H groups in total. The maximum atomic E-state index is 12.5. The van der Waals surface area contributed by atoms with Crippen molar-refractivity contribution >= 4 is 29.0 Å². The highest BCUT2D eigenvalue weighted by molar-refractivity contribution is 7.99. The molecule has 0 spiro atoms. The first kappa shape index (κ1) is 21.4. The maximum absolute atomic E-state index is 12.5. The average molecular weight is 424 g/mol. The van der Waals surface area contributed by atoms with Crippen LogP contribution in [-0.2, 0) is 11.0 Å². The second-order valence-corrected chi connectivity index (χ2v) is 7.68. The van der Waals surface area contributed by atoms with Gasteiger partial charge in [0.15, 0.2) is 0 Å². The molecule has 5 nitrogen and oxygen atoms in total. The van der Waals surface area contributed by atoms with Crippen LogP contribution >= 0.6 is 11.8 Å². The monoisotopic (exact) mass is 424 g/mol. The molecule has 1 aromatic carbocycles. The summed E-state index contributed by atoms with van der Waals surface area (Å²) in [6.45, 7) is 7.29. The number of carbonyl (C=O) groups is 1. The molecular weight excluding hydrogens is 401 g/mol. The number of nitrogens with zero attached hydrogens (tertiary/aromatic N) is 3. The molecule has 2 aromatic rings. The molecule has 1 fully saturated rings. The zero-order valence-electron chi connectivity index (χ0n) is 16.1. The first-order chi connectivity index (χ1) is 13.8. The molecule has 156 valence electrons. The Hall–Kier alpha value is -2.26. The van der Waals surface area contributed by atoms with E-state index in [0.717, 1.165) is 62.4 Å². The molecule has 0 unspecified atom stereocenters. The maximum Gasteiger partial charge on any atom is 0.417 e. The lowest BCUT2D eigenvalue weighted by Crippen LogP contribution is -2.46. The average Bonchev–Trinajstić information content (AvgIpc) is 2.72. The first-order valence-corrected chi connectivity index (χ1v) is 10.4. The number of hydrogen-bond acceptors (Lipinski definition) is 5. The molecular formula is C20H23F3N4OS. The standard InChI is InChI=1S/C20H23F3N4OS/c1-2-26-9-11-27(12-10-26)17-6-4-16(5-7-17)25-18(28)14-29-19-8-3-15(13-24-19)20(21,22)23/h3-8,13H,2,9-12,14H2,1H3,(H,25,28). The highest BCUT2D eigenvalue weighted by Gasteiger charge is 2.30. The van der Waals surface area contributed by atoms with Gasteiger partial charge in [-0.3, -0.25) is 4.79 Å². The highest BCUT2D eigenvalue weighted by atomic mass is 32.2. The Morgan fingerprint density at radius 1 is 1.10 bits per heavy atom. The van der Waals surface area contributed by atoms with E-state index in [2.05, 4.69) is 27.0 Å². The predicted molar refractivity (Wildman–Crippen MR) is 109 cm³/mol. The fraction of sp³-hybridized carbons (Fsp3) is 0.400. The first-order valence-electron chi connectivity index (χ1n) is 9.38. The number of halogens is 3. The van der Waals surface area contributed by atoms with Crippen molar-refractivity contribution < 1.29 is 18.0 Å². The van der Waals surface area contributed by atoms with Crippen molar-refractivity contribution in [2.75, 3.05) is 48.7 Å². The molecule has 0 atom stereocenters. The van der Waals surface area contributed by atoms with Crippen molar-refractivity contribution in [1.82, 2.24) is 9.88 Å². The Balaban J connectivity index is 1.47. The van der Waals surface area contributed by atoms with E-state index in [1.807, 2.05) is 24.3 Å². The van der Waals surface area contributed by atoms with Crippen LogP contribution in [0.5, 0.6) is 0 Å². The number of pyridine rings is 1. The number of amides is 1. The van der Waals surface area contributed by atoms with Crippen LogP contribution in [0.2, 0.25) is 0 Å². The van der Waals surface area contributed by atoms with E-state index in [1.54, 1.807) is 0 Å². The van der Waals surface area contributed by atoms with Crippen LogP contribution in [-0.4, -0.2) is 54.3 Å². The third-order valence-corrected chi connectivity index (χ3v) is 5.69. The topological polar surface area (TPSA) is 48.5 Å². The zero-order valence-corrected chi connectivity index (χ0v) is 16.9. The van der Waals surface area contributed by atoms with E-state index in [-0.39, 0.29) is 11.7 Å². The second-order valence-electron chi connectivity index (χ2n) is 6.69. The van der Waals surface area contributed by atoms with Crippen LogP contribution < -0.4 is 10.2 Å². The van der Waals surface area contributed by atoms with Gasteiger partial charge in [-0.2, -0.15) is 13.2 Å². The Bertz CT molecular complexity index is 804. The van der Waals surface area contributed by atoms with Crippen molar-refractivity contribution in [3.8, 4) is 0 Å². The van der Waals surface area contributed by atoms with Gasteiger partial charge in [0.25, 0.3) is 0 Å². The minimum Gasteiger partial charge on any atom is -0.369 e. The summed E-state index contributed by atoms with van der Waals surface area (Å²) >= 11 is 1.09. The van der Waals surface area contributed by atoms with Gasteiger partial charge in [-0.1, -0.05) is 18.7 Å². The quantitative estimate of drug-likeness (QED) is 0.711. The van der Waals surface area contributed by atoms with Gasteiger partial charge in [0, 0.05) is 43.8 Å².